The second kappa shape index (κ2) is 7.13. The number of aromatic nitrogens is 3. The monoisotopic (exact) mass is 327 g/mol. The van der Waals surface area contributed by atoms with E-state index < -0.39 is 0 Å². The van der Waals surface area contributed by atoms with Crippen molar-refractivity contribution < 1.29 is 4.79 Å². The Hall–Kier alpha value is -2.21. The van der Waals surface area contributed by atoms with Gasteiger partial charge in [0.05, 0.1) is 24.4 Å². The number of nitrogens with zero attached hydrogens (tertiary/aromatic N) is 4. The van der Waals surface area contributed by atoms with Crippen molar-refractivity contribution in [1.82, 2.24) is 25.0 Å². The predicted octanol–water partition coefficient (Wildman–Crippen LogP) is 1.48. The van der Waals surface area contributed by atoms with Crippen LogP contribution in [0.1, 0.15) is 29.8 Å². The van der Waals surface area contributed by atoms with Crippen LogP contribution < -0.4 is 5.32 Å². The maximum atomic E-state index is 13.1. The Morgan fingerprint density at radius 2 is 2.25 bits per heavy atom. The molecule has 24 heavy (non-hydrogen) atoms. The van der Waals surface area contributed by atoms with E-state index in [1.165, 1.54) is 5.56 Å². The fraction of sp³-hybridized carbons (Fsp3) is 0.500. The third-order valence-corrected chi connectivity index (χ3v) is 4.98. The summed E-state index contributed by atoms with van der Waals surface area (Å²) in [5.74, 6) is 0.335. The Kier molecular flexibility index (Phi) is 4.94. The number of carbonyl (C=O) groups is 1. The van der Waals surface area contributed by atoms with E-state index in [0.29, 0.717) is 13.1 Å². The number of carbonyl (C=O) groups excluding carboxylic acids is 1. The predicted molar refractivity (Wildman–Crippen MR) is 92.4 cm³/mol. The molecule has 2 aromatic heterocycles. The molecule has 0 saturated carbocycles. The first-order chi connectivity index (χ1) is 11.6. The highest BCUT2D eigenvalue weighted by molar-refractivity contribution is 5.80. The zero-order valence-electron chi connectivity index (χ0n) is 14.6. The molecule has 0 aromatic carbocycles. The van der Waals surface area contributed by atoms with Gasteiger partial charge in [-0.3, -0.25) is 14.5 Å². The molecule has 1 fully saturated rings. The zero-order valence-corrected chi connectivity index (χ0v) is 14.6. The smallest absolute Gasteiger partial charge is 0.227 e. The van der Waals surface area contributed by atoms with Crippen LogP contribution in [0, 0.1) is 12.8 Å². The minimum absolute atomic E-state index is 0.0448. The zero-order chi connectivity index (χ0) is 17.1. The second-order valence-corrected chi connectivity index (χ2v) is 6.35. The number of rotatable bonds is 5. The van der Waals surface area contributed by atoms with Gasteiger partial charge in [-0.25, -0.2) is 0 Å². The second-order valence-electron chi connectivity index (χ2n) is 6.35. The number of pyridine rings is 1. The van der Waals surface area contributed by atoms with Crippen molar-refractivity contribution in [2.45, 2.75) is 26.3 Å². The molecule has 0 bridgehead atoms. The molecule has 1 N–H and O–H groups in total. The van der Waals surface area contributed by atoms with Gasteiger partial charge < -0.3 is 10.2 Å². The average Bonchev–Trinajstić information content (AvgIpc) is 3.20. The summed E-state index contributed by atoms with van der Waals surface area (Å²) >= 11 is 0. The molecule has 3 rings (SSSR count). The topological polar surface area (TPSA) is 63.1 Å². The molecule has 0 aliphatic carbocycles. The Morgan fingerprint density at radius 1 is 1.42 bits per heavy atom. The van der Waals surface area contributed by atoms with E-state index in [-0.39, 0.29) is 17.7 Å². The van der Waals surface area contributed by atoms with Gasteiger partial charge in [0, 0.05) is 44.5 Å². The summed E-state index contributed by atoms with van der Waals surface area (Å²) in [6.45, 7) is 6.87. The van der Waals surface area contributed by atoms with Crippen molar-refractivity contribution in [3.05, 3.63) is 47.5 Å². The molecule has 0 spiro atoms. The van der Waals surface area contributed by atoms with Gasteiger partial charge in [0.15, 0.2) is 0 Å². The van der Waals surface area contributed by atoms with E-state index in [4.69, 9.17) is 0 Å². The lowest BCUT2D eigenvalue weighted by atomic mass is 9.88. The van der Waals surface area contributed by atoms with Crippen LogP contribution in [0.2, 0.25) is 0 Å². The van der Waals surface area contributed by atoms with Gasteiger partial charge in [0.25, 0.3) is 0 Å². The Balaban J connectivity index is 1.78. The van der Waals surface area contributed by atoms with E-state index >= 15 is 0 Å². The van der Waals surface area contributed by atoms with Crippen LogP contribution in [-0.2, 0) is 18.4 Å². The van der Waals surface area contributed by atoms with E-state index in [2.05, 4.69) is 22.3 Å². The van der Waals surface area contributed by atoms with Crippen molar-refractivity contribution >= 4 is 5.91 Å². The van der Waals surface area contributed by atoms with Crippen LogP contribution in [0.4, 0.5) is 0 Å². The summed E-state index contributed by atoms with van der Waals surface area (Å²) in [4.78, 5) is 19.4. The van der Waals surface area contributed by atoms with Crippen molar-refractivity contribution in [3.63, 3.8) is 0 Å². The Labute approximate surface area is 142 Å². The molecule has 6 nitrogen and oxygen atoms in total. The summed E-state index contributed by atoms with van der Waals surface area (Å²) in [6.07, 6.45) is 3.68. The van der Waals surface area contributed by atoms with Gasteiger partial charge >= 0.3 is 0 Å². The first kappa shape index (κ1) is 16.6. The fourth-order valence-electron chi connectivity index (χ4n) is 3.41. The van der Waals surface area contributed by atoms with Crippen LogP contribution in [0.25, 0.3) is 0 Å². The van der Waals surface area contributed by atoms with E-state index in [9.17, 15) is 4.79 Å². The number of nitrogens with one attached hydrogen (secondary N) is 1. The number of hydrogen-bond donors (Lipinski definition) is 1. The molecule has 3 heterocycles. The summed E-state index contributed by atoms with van der Waals surface area (Å²) in [5, 5.41) is 7.72. The lowest BCUT2D eigenvalue weighted by molar-refractivity contribution is -0.135. The van der Waals surface area contributed by atoms with Crippen LogP contribution in [0.5, 0.6) is 0 Å². The highest BCUT2D eigenvalue weighted by Crippen LogP contribution is 2.31. The van der Waals surface area contributed by atoms with E-state index in [1.807, 2.05) is 47.9 Å². The standard InChI is InChI=1S/C18H25N5O/c1-4-23(12-14-7-5-6-8-20-14)18(24)17-10-19-9-16(17)15-11-21-22(3)13(15)2/h5-8,11,16-17,19H,4,9-10,12H2,1-3H3/t16-,17+/m1/s1. The van der Waals surface area contributed by atoms with Gasteiger partial charge in [0.2, 0.25) is 5.91 Å². The fourth-order valence-corrected chi connectivity index (χ4v) is 3.41. The van der Waals surface area contributed by atoms with Crippen LogP contribution in [0.3, 0.4) is 0 Å². The van der Waals surface area contributed by atoms with Crippen molar-refractivity contribution in [3.8, 4) is 0 Å². The summed E-state index contributed by atoms with van der Waals surface area (Å²) < 4.78 is 1.88. The Bertz CT molecular complexity index is 697. The van der Waals surface area contributed by atoms with Crippen LogP contribution in [-0.4, -0.2) is 45.2 Å². The summed E-state index contributed by atoms with van der Waals surface area (Å²) in [6, 6.07) is 5.81. The largest absolute Gasteiger partial charge is 0.337 e. The minimum atomic E-state index is -0.0448. The maximum absolute atomic E-state index is 13.1. The highest BCUT2D eigenvalue weighted by atomic mass is 16.2. The SMILES string of the molecule is CCN(Cc1ccccn1)C(=O)[C@H]1CNC[C@@H]1c1cnn(C)c1C. The number of amides is 1. The lowest BCUT2D eigenvalue weighted by Gasteiger charge is -2.26. The number of aryl methyl sites for hydroxylation is 1. The van der Waals surface area contributed by atoms with Crippen molar-refractivity contribution in [1.29, 1.82) is 0 Å². The highest BCUT2D eigenvalue weighted by Gasteiger charge is 2.37. The van der Waals surface area contributed by atoms with E-state index in [0.717, 1.165) is 24.5 Å². The van der Waals surface area contributed by atoms with Gasteiger partial charge in [-0.15, -0.1) is 0 Å². The summed E-state index contributed by atoms with van der Waals surface area (Å²) in [7, 11) is 1.94. The molecule has 6 heteroatoms. The number of hydrogen-bond acceptors (Lipinski definition) is 4. The molecule has 2 atom stereocenters. The molecule has 0 unspecified atom stereocenters. The van der Waals surface area contributed by atoms with Crippen LogP contribution >= 0.6 is 0 Å². The molecular weight excluding hydrogens is 302 g/mol. The molecule has 1 aliphatic heterocycles. The van der Waals surface area contributed by atoms with Gasteiger partial charge in [0.1, 0.15) is 0 Å². The maximum Gasteiger partial charge on any atom is 0.227 e. The summed E-state index contributed by atoms with van der Waals surface area (Å²) in [5.41, 5.74) is 3.23. The first-order valence-electron chi connectivity index (χ1n) is 8.49. The third kappa shape index (κ3) is 3.19. The normalized spacial score (nSPS) is 20.3. The third-order valence-electron chi connectivity index (χ3n) is 4.98. The molecule has 1 aliphatic rings. The van der Waals surface area contributed by atoms with Crippen LogP contribution in [0.15, 0.2) is 30.6 Å². The molecular formula is C18H25N5O. The quantitative estimate of drug-likeness (QED) is 0.903. The molecule has 0 radical (unpaired) electrons. The first-order valence-corrected chi connectivity index (χ1v) is 8.49. The van der Waals surface area contributed by atoms with Crippen molar-refractivity contribution in [2.24, 2.45) is 13.0 Å². The average molecular weight is 327 g/mol. The van der Waals surface area contributed by atoms with Crippen molar-refractivity contribution in [2.75, 3.05) is 19.6 Å². The Morgan fingerprint density at radius 3 is 2.88 bits per heavy atom. The molecule has 2 aromatic rings. The van der Waals surface area contributed by atoms with Gasteiger partial charge in [-0.1, -0.05) is 6.07 Å². The van der Waals surface area contributed by atoms with Gasteiger partial charge in [-0.05, 0) is 31.5 Å². The van der Waals surface area contributed by atoms with E-state index in [1.54, 1.807) is 6.20 Å². The molecule has 128 valence electrons. The molecule has 1 amide bonds. The molecule has 1 saturated heterocycles. The minimum Gasteiger partial charge on any atom is -0.337 e. The van der Waals surface area contributed by atoms with Gasteiger partial charge in [-0.2, -0.15) is 5.10 Å². The lowest BCUT2D eigenvalue weighted by Crippen LogP contribution is -2.38.